The monoisotopic (exact) mass is 315 g/mol. The van der Waals surface area contributed by atoms with Crippen molar-refractivity contribution < 1.29 is 13.5 Å². The van der Waals surface area contributed by atoms with Gasteiger partial charge in [-0.15, -0.1) is 0 Å². The first-order chi connectivity index (χ1) is 9.18. The van der Waals surface area contributed by atoms with E-state index in [1.54, 1.807) is 0 Å². The maximum absolute atomic E-state index is 11.8. The molecule has 0 aromatic heterocycles. The van der Waals surface area contributed by atoms with Crippen molar-refractivity contribution in [1.29, 1.82) is 0 Å². The molecule has 0 aliphatic heterocycles. The molecule has 0 saturated carbocycles. The Labute approximate surface area is 123 Å². The van der Waals surface area contributed by atoms with Gasteiger partial charge in [0.25, 0.3) is 0 Å². The normalized spacial score (nSPS) is 14.2. The van der Waals surface area contributed by atoms with Crippen LogP contribution in [0.4, 0.5) is 0 Å². The van der Waals surface area contributed by atoms with Gasteiger partial charge in [-0.2, -0.15) is 0 Å². The molecule has 2 N–H and O–H groups in total. The summed E-state index contributed by atoms with van der Waals surface area (Å²) in [5, 5.41) is 9.88. The molecule has 114 valence electrons. The third-order valence-corrected chi connectivity index (χ3v) is 6.43. The van der Waals surface area contributed by atoms with Gasteiger partial charge in [0.2, 0.25) is 10.0 Å². The molecule has 0 saturated heterocycles. The molecule has 0 aliphatic rings. The quantitative estimate of drug-likeness (QED) is 0.720. The second-order valence-electron chi connectivity index (χ2n) is 6.32. The molecular weight excluding hydrogens is 290 g/mol. The van der Waals surface area contributed by atoms with Crippen LogP contribution in [-0.4, -0.2) is 40.0 Å². The maximum atomic E-state index is 11.8. The van der Waals surface area contributed by atoms with Crippen molar-refractivity contribution in [2.45, 2.75) is 38.2 Å². The van der Waals surface area contributed by atoms with Gasteiger partial charge in [0.15, 0.2) is 0 Å². The fourth-order valence-corrected chi connectivity index (χ4v) is 5.81. The smallest absolute Gasteiger partial charge is 0.211 e. The SMILES string of the molecule is C[Si](C)(C)CCS(=O)(=O)NC[C@H](O)Cc1ccccc1. The molecule has 1 aromatic rings. The van der Waals surface area contributed by atoms with Crippen LogP contribution in [0.3, 0.4) is 0 Å². The van der Waals surface area contributed by atoms with Gasteiger partial charge in [-0.05, 0) is 18.0 Å². The lowest BCUT2D eigenvalue weighted by Gasteiger charge is -2.17. The topological polar surface area (TPSA) is 66.4 Å². The van der Waals surface area contributed by atoms with Crippen molar-refractivity contribution in [2.24, 2.45) is 0 Å². The third kappa shape index (κ3) is 7.79. The van der Waals surface area contributed by atoms with Crippen LogP contribution < -0.4 is 4.72 Å². The minimum atomic E-state index is -3.28. The van der Waals surface area contributed by atoms with E-state index in [1.165, 1.54) is 0 Å². The van der Waals surface area contributed by atoms with Gasteiger partial charge in [0.1, 0.15) is 0 Å². The molecule has 0 amide bonds. The minimum Gasteiger partial charge on any atom is -0.391 e. The van der Waals surface area contributed by atoms with E-state index in [0.717, 1.165) is 11.6 Å². The molecule has 0 bridgehead atoms. The maximum Gasteiger partial charge on any atom is 0.211 e. The zero-order valence-corrected chi connectivity index (χ0v) is 14.3. The van der Waals surface area contributed by atoms with E-state index in [0.29, 0.717) is 6.42 Å². The van der Waals surface area contributed by atoms with Gasteiger partial charge >= 0.3 is 0 Å². The van der Waals surface area contributed by atoms with Crippen LogP contribution in [0.1, 0.15) is 5.56 Å². The Bertz CT molecular complexity index is 497. The summed E-state index contributed by atoms with van der Waals surface area (Å²) < 4.78 is 26.2. The van der Waals surface area contributed by atoms with Crippen molar-refractivity contribution in [3.8, 4) is 0 Å². The first-order valence-corrected chi connectivity index (χ1v) is 12.2. The molecule has 0 spiro atoms. The largest absolute Gasteiger partial charge is 0.391 e. The molecule has 20 heavy (non-hydrogen) atoms. The zero-order valence-electron chi connectivity index (χ0n) is 12.5. The number of hydrogen-bond donors (Lipinski definition) is 2. The summed E-state index contributed by atoms with van der Waals surface area (Å²) in [6.45, 7) is 6.51. The number of rotatable bonds is 8. The second kappa shape index (κ2) is 7.35. The number of aliphatic hydroxyl groups excluding tert-OH is 1. The van der Waals surface area contributed by atoms with Crippen LogP contribution in [0.2, 0.25) is 25.7 Å². The Morgan fingerprint density at radius 2 is 1.80 bits per heavy atom. The van der Waals surface area contributed by atoms with Crippen LogP contribution in [0.5, 0.6) is 0 Å². The van der Waals surface area contributed by atoms with Gasteiger partial charge in [0.05, 0.1) is 11.9 Å². The molecule has 0 radical (unpaired) electrons. The fraction of sp³-hybridized carbons (Fsp3) is 0.571. The van der Waals surface area contributed by atoms with E-state index in [9.17, 15) is 13.5 Å². The van der Waals surface area contributed by atoms with Gasteiger partial charge in [-0.3, -0.25) is 0 Å². The van der Waals surface area contributed by atoms with Gasteiger partial charge < -0.3 is 5.11 Å². The summed E-state index contributed by atoms with van der Waals surface area (Å²) in [6.07, 6.45) is -0.240. The van der Waals surface area contributed by atoms with E-state index in [1.807, 2.05) is 30.3 Å². The molecule has 0 fully saturated rings. The third-order valence-electron chi connectivity index (χ3n) is 2.97. The molecule has 1 rings (SSSR count). The Hall–Kier alpha value is -0.693. The molecule has 0 aliphatic carbocycles. The summed E-state index contributed by atoms with van der Waals surface area (Å²) in [4.78, 5) is 0. The molecular formula is C14H25NO3SSi. The summed E-state index contributed by atoms with van der Waals surface area (Å²) in [7, 11) is -4.64. The first kappa shape index (κ1) is 17.4. The number of benzene rings is 1. The van der Waals surface area contributed by atoms with Crippen LogP contribution in [-0.2, 0) is 16.4 Å². The summed E-state index contributed by atoms with van der Waals surface area (Å²) >= 11 is 0. The van der Waals surface area contributed by atoms with Crippen molar-refractivity contribution in [3.63, 3.8) is 0 Å². The fourth-order valence-electron chi connectivity index (χ4n) is 1.69. The lowest BCUT2D eigenvalue weighted by Crippen LogP contribution is -2.36. The summed E-state index contributed by atoms with van der Waals surface area (Å²) in [6, 6.07) is 10.3. The predicted molar refractivity (Wildman–Crippen MR) is 86.1 cm³/mol. The van der Waals surface area contributed by atoms with E-state index < -0.39 is 24.2 Å². The van der Waals surface area contributed by atoms with E-state index in [4.69, 9.17) is 0 Å². The van der Waals surface area contributed by atoms with Crippen LogP contribution in [0.15, 0.2) is 30.3 Å². The predicted octanol–water partition coefficient (Wildman–Crippen LogP) is 1.85. The Morgan fingerprint density at radius 1 is 1.20 bits per heavy atom. The van der Waals surface area contributed by atoms with Gasteiger partial charge in [0, 0.05) is 14.6 Å². The molecule has 1 atom stereocenters. The van der Waals surface area contributed by atoms with E-state index >= 15 is 0 Å². The molecule has 0 heterocycles. The second-order valence-corrected chi connectivity index (χ2v) is 13.9. The Morgan fingerprint density at radius 3 is 2.35 bits per heavy atom. The highest BCUT2D eigenvalue weighted by Gasteiger charge is 2.19. The lowest BCUT2D eigenvalue weighted by molar-refractivity contribution is 0.179. The van der Waals surface area contributed by atoms with Crippen LogP contribution >= 0.6 is 0 Å². The first-order valence-electron chi connectivity index (χ1n) is 6.87. The van der Waals surface area contributed by atoms with Crippen molar-refractivity contribution >= 4 is 18.1 Å². The standard InChI is InChI=1S/C14H25NO3SSi/c1-20(2,3)10-9-19(17,18)15-12-14(16)11-13-7-5-4-6-8-13/h4-8,14-16H,9-12H2,1-3H3/t14-/m1/s1. The summed E-state index contributed by atoms with van der Waals surface area (Å²) in [5.41, 5.74) is 1.00. The number of nitrogens with one attached hydrogen (secondary N) is 1. The van der Waals surface area contributed by atoms with Crippen molar-refractivity contribution in [3.05, 3.63) is 35.9 Å². The minimum absolute atomic E-state index is 0.0723. The number of aliphatic hydroxyl groups is 1. The Kier molecular flexibility index (Phi) is 6.38. The van der Waals surface area contributed by atoms with Crippen molar-refractivity contribution in [1.82, 2.24) is 4.72 Å². The van der Waals surface area contributed by atoms with Gasteiger partial charge in [-0.1, -0.05) is 50.0 Å². The molecule has 0 unspecified atom stereocenters. The highest BCUT2D eigenvalue weighted by molar-refractivity contribution is 7.89. The molecule has 1 aromatic carbocycles. The highest BCUT2D eigenvalue weighted by Crippen LogP contribution is 2.09. The van der Waals surface area contributed by atoms with Crippen LogP contribution in [0, 0.1) is 0 Å². The number of sulfonamides is 1. The number of hydrogen-bond acceptors (Lipinski definition) is 3. The average molecular weight is 316 g/mol. The molecule has 6 heteroatoms. The van der Waals surface area contributed by atoms with E-state index in [-0.39, 0.29) is 12.3 Å². The average Bonchev–Trinajstić information content (AvgIpc) is 2.35. The molecule has 4 nitrogen and oxygen atoms in total. The highest BCUT2D eigenvalue weighted by atomic mass is 32.2. The summed E-state index contributed by atoms with van der Waals surface area (Å²) in [5.74, 6) is 0.154. The Balaban J connectivity index is 2.38. The van der Waals surface area contributed by atoms with Crippen LogP contribution in [0.25, 0.3) is 0 Å². The zero-order chi connectivity index (χ0) is 15.2. The van der Waals surface area contributed by atoms with Gasteiger partial charge in [-0.25, -0.2) is 13.1 Å². The van der Waals surface area contributed by atoms with Crippen molar-refractivity contribution in [2.75, 3.05) is 12.3 Å². The van der Waals surface area contributed by atoms with E-state index in [2.05, 4.69) is 24.4 Å². The lowest BCUT2D eigenvalue weighted by atomic mass is 10.1.